The van der Waals surface area contributed by atoms with Crippen molar-refractivity contribution in [3.8, 4) is 0 Å². The average Bonchev–Trinajstić information content (AvgIpc) is 3.11. The van der Waals surface area contributed by atoms with Crippen LogP contribution in [0.25, 0.3) is 0 Å². The molecule has 0 aliphatic carbocycles. The zero-order valence-corrected chi connectivity index (χ0v) is 15.3. The summed E-state index contributed by atoms with van der Waals surface area (Å²) in [5, 5.41) is 5.14. The second-order valence-electron chi connectivity index (χ2n) is 6.89. The van der Waals surface area contributed by atoms with E-state index in [1.165, 1.54) is 0 Å². The molecule has 1 aliphatic rings. The van der Waals surface area contributed by atoms with Gasteiger partial charge >= 0.3 is 12.4 Å². The third-order valence-corrected chi connectivity index (χ3v) is 4.78. The van der Waals surface area contributed by atoms with Crippen LogP contribution in [0.15, 0.2) is 48.5 Å². The summed E-state index contributed by atoms with van der Waals surface area (Å²) in [4.78, 5) is 23.9. The van der Waals surface area contributed by atoms with Crippen LogP contribution < -0.4 is 10.6 Å². The minimum atomic E-state index is -4.55. The molecule has 0 radical (unpaired) electrons. The van der Waals surface area contributed by atoms with Crippen LogP contribution in [-0.4, -0.2) is 18.4 Å². The Labute approximate surface area is 167 Å². The highest BCUT2D eigenvalue weighted by molar-refractivity contribution is 5.89. The molecule has 2 aromatic carbocycles. The minimum Gasteiger partial charge on any atom is -0.355 e. The SMILES string of the molecule is O=C1CC(C(=O)NC(c2ccc(C(F)(F)F)cc2)c2ccc(C(F)(F)F)cc2)CN1. The summed E-state index contributed by atoms with van der Waals surface area (Å²) in [7, 11) is 0. The van der Waals surface area contributed by atoms with Crippen molar-refractivity contribution >= 4 is 11.8 Å². The first-order chi connectivity index (χ1) is 13.9. The van der Waals surface area contributed by atoms with E-state index < -0.39 is 41.3 Å². The van der Waals surface area contributed by atoms with Crippen LogP contribution in [0, 0.1) is 5.92 Å². The van der Waals surface area contributed by atoms with Crippen molar-refractivity contribution < 1.29 is 35.9 Å². The van der Waals surface area contributed by atoms with E-state index in [0.717, 1.165) is 48.5 Å². The van der Waals surface area contributed by atoms with Gasteiger partial charge in [0.05, 0.1) is 23.1 Å². The fourth-order valence-corrected chi connectivity index (χ4v) is 3.14. The average molecular weight is 430 g/mol. The number of halogens is 6. The molecular formula is C20H16F6N2O2. The predicted octanol–water partition coefficient (Wildman–Crippen LogP) is 4.07. The normalized spacial score (nSPS) is 17.2. The molecule has 0 saturated carbocycles. The van der Waals surface area contributed by atoms with Crippen LogP contribution in [-0.2, 0) is 21.9 Å². The number of rotatable bonds is 4. The number of hydrogen-bond donors (Lipinski definition) is 2. The molecule has 1 aliphatic heterocycles. The molecule has 10 heteroatoms. The molecule has 1 atom stereocenters. The quantitative estimate of drug-likeness (QED) is 0.719. The van der Waals surface area contributed by atoms with E-state index in [4.69, 9.17) is 0 Å². The van der Waals surface area contributed by atoms with Gasteiger partial charge in [-0.2, -0.15) is 26.3 Å². The Hall–Kier alpha value is -3.04. The van der Waals surface area contributed by atoms with Gasteiger partial charge in [0.25, 0.3) is 0 Å². The maximum Gasteiger partial charge on any atom is 0.416 e. The largest absolute Gasteiger partial charge is 0.416 e. The maximum atomic E-state index is 12.8. The fourth-order valence-electron chi connectivity index (χ4n) is 3.14. The molecule has 4 nitrogen and oxygen atoms in total. The maximum absolute atomic E-state index is 12.8. The van der Waals surface area contributed by atoms with Crippen LogP contribution in [0.2, 0.25) is 0 Å². The van der Waals surface area contributed by atoms with Crippen molar-refractivity contribution in [3.05, 3.63) is 70.8 Å². The Morgan fingerprint density at radius 1 is 0.867 bits per heavy atom. The number of benzene rings is 2. The summed E-state index contributed by atoms with van der Waals surface area (Å²) in [5.74, 6) is -1.52. The summed E-state index contributed by atoms with van der Waals surface area (Å²) in [6, 6.07) is 6.97. The van der Waals surface area contributed by atoms with Crippen molar-refractivity contribution in [2.24, 2.45) is 5.92 Å². The highest BCUT2D eigenvalue weighted by Gasteiger charge is 2.33. The van der Waals surface area contributed by atoms with Crippen LogP contribution >= 0.6 is 0 Å². The fraction of sp³-hybridized carbons (Fsp3) is 0.300. The van der Waals surface area contributed by atoms with E-state index in [2.05, 4.69) is 10.6 Å². The van der Waals surface area contributed by atoms with Crippen LogP contribution in [0.1, 0.15) is 34.7 Å². The number of nitrogens with one attached hydrogen (secondary N) is 2. The van der Waals surface area contributed by atoms with Gasteiger partial charge in [-0.1, -0.05) is 24.3 Å². The summed E-state index contributed by atoms with van der Waals surface area (Å²) in [6.45, 7) is 0.109. The van der Waals surface area contributed by atoms with Gasteiger partial charge in [0.15, 0.2) is 0 Å². The first kappa shape index (κ1) is 21.7. The van der Waals surface area contributed by atoms with Crippen molar-refractivity contribution in [1.29, 1.82) is 0 Å². The van der Waals surface area contributed by atoms with Crippen molar-refractivity contribution in [2.45, 2.75) is 24.8 Å². The van der Waals surface area contributed by atoms with Crippen LogP contribution in [0.5, 0.6) is 0 Å². The van der Waals surface area contributed by atoms with Gasteiger partial charge < -0.3 is 10.6 Å². The van der Waals surface area contributed by atoms with Gasteiger partial charge in [-0.3, -0.25) is 9.59 Å². The Bertz CT molecular complexity index is 863. The highest BCUT2D eigenvalue weighted by atomic mass is 19.4. The molecule has 1 unspecified atom stereocenters. The molecular weight excluding hydrogens is 414 g/mol. The van der Waals surface area contributed by atoms with Crippen molar-refractivity contribution in [2.75, 3.05) is 6.54 Å². The lowest BCUT2D eigenvalue weighted by Gasteiger charge is -2.22. The van der Waals surface area contributed by atoms with Crippen molar-refractivity contribution in [1.82, 2.24) is 10.6 Å². The molecule has 0 spiro atoms. The van der Waals surface area contributed by atoms with E-state index in [0.29, 0.717) is 0 Å². The number of carbonyl (C=O) groups excluding carboxylic acids is 2. The minimum absolute atomic E-state index is 0.0431. The van der Waals surface area contributed by atoms with E-state index in [1.54, 1.807) is 0 Å². The molecule has 1 saturated heterocycles. The van der Waals surface area contributed by atoms with Gasteiger partial charge in [-0.05, 0) is 35.4 Å². The molecule has 30 heavy (non-hydrogen) atoms. The summed E-state index contributed by atoms with van der Waals surface area (Å²) in [5.41, 5.74) is -1.27. The Morgan fingerprint density at radius 3 is 1.63 bits per heavy atom. The predicted molar refractivity (Wildman–Crippen MR) is 94.0 cm³/mol. The Kier molecular flexibility index (Phi) is 5.78. The summed E-state index contributed by atoms with van der Waals surface area (Å²) in [6.07, 6.45) is -9.15. The van der Waals surface area contributed by atoms with E-state index >= 15 is 0 Å². The van der Waals surface area contributed by atoms with Gasteiger partial charge in [0, 0.05) is 13.0 Å². The lowest BCUT2D eigenvalue weighted by Crippen LogP contribution is -2.35. The number of carbonyl (C=O) groups is 2. The number of amides is 2. The van der Waals surface area contributed by atoms with Crippen LogP contribution in [0.4, 0.5) is 26.3 Å². The third-order valence-electron chi connectivity index (χ3n) is 4.78. The molecule has 160 valence electrons. The van der Waals surface area contributed by atoms with Gasteiger partial charge in [-0.25, -0.2) is 0 Å². The Morgan fingerprint density at radius 2 is 1.30 bits per heavy atom. The van der Waals surface area contributed by atoms with Gasteiger partial charge in [0.1, 0.15) is 0 Å². The van der Waals surface area contributed by atoms with Gasteiger partial charge in [0.2, 0.25) is 11.8 Å². The standard InChI is InChI=1S/C20H16F6N2O2/c21-19(22,23)14-5-1-11(2-6-14)17(28-18(30)13-9-16(29)27-10-13)12-3-7-15(8-4-12)20(24,25)26/h1-8,13,17H,9-10H2,(H,27,29)(H,28,30). The lowest BCUT2D eigenvalue weighted by atomic mass is 9.95. The van der Waals surface area contributed by atoms with Crippen LogP contribution in [0.3, 0.4) is 0 Å². The third kappa shape index (κ3) is 4.92. The molecule has 2 aromatic rings. The Balaban J connectivity index is 1.92. The highest BCUT2D eigenvalue weighted by Crippen LogP contribution is 2.33. The first-order valence-corrected chi connectivity index (χ1v) is 8.86. The molecule has 2 N–H and O–H groups in total. The van der Waals surface area contributed by atoms with E-state index in [9.17, 15) is 35.9 Å². The summed E-state index contributed by atoms with van der Waals surface area (Å²) < 4.78 is 77.0. The van der Waals surface area contributed by atoms with Gasteiger partial charge in [-0.15, -0.1) is 0 Å². The molecule has 1 heterocycles. The molecule has 2 amide bonds. The zero-order valence-electron chi connectivity index (χ0n) is 15.3. The molecule has 3 rings (SSSR count). The van der Waals surface area contributed by atoms with E-state index in [-0.39, 0.29) is 30.0 Å². The topological polar surface area (TPSA) is 58.2 Å². The molecule has 0 bridgehead atoms. The monoisotopic (exact) mass is 430 g/mol. The summed E-state index contributed by atoms with van der Waals surface area (Å²) >= 11 is 0. The molecule has 0 aromatic heterocycles. The number of hydrogen-bond acceptors (Lipinski definition) is 2. The first-order valence-electron chi connectivity index (χ1n) is 8.86. The lowest BCUT2D eigenvalue weighted by molar-refractivity contribution is -0.138. The second kappa shape index (κ2) is 8.00. The smallest absolute Gasteiger partial charge is 0.355 e. The van der Waals surface area contributed by atoms with E-state index in [1.807, 2.05) is 0 Å². The second-order valence-corrected chi connectivity index (χ2v) is 6.89. The number of alkyl halides is 6. The molecule has 1 fully saturated rings. The van der Waals surface area contributed by atoms with Crippen molar-refractivity contribution in [3.63, 3.8) is 0 Å². The zero-order chi connectivity index (χ0) is 22.1.